The smallest absolute Gasteiger partial charge is 0.191 e. The first-order valence-corrected chi connectivity index (χ1v) is 11.7. The van der Waals surface area contributed by atoms with Gasteiger partial charge >= 0.3 is 0 Å². The van der Waals surface area contributed by atoms with Crippen molar-refractivity contribution in [2.45, 2.75) is 32.7 Å². The highest BCUT2D eigenvalue weighted by Crippen LogP contribution is 2.16. The third-order valence-corrected chi connectivity index (χ3v) is 6.47. The van der Waals surface area contributed by atoms with E-state index in [0.717, 1.165) is 58.3 Å². The minimum Gasteiger partial charge on any atom is -0.379 e. The average Bonchev–Trinajstić information content (AvgIpc) is 3.23. The van der Waals surface area contributed by atoms with E-state index in [1.165, 1.54) is 25.1 Å². The summed E-state index contributed by atoms with van der Waals surface area (Å²) in [7, 11) is 1.87. The van der Waals surface area contributed by atoms with Gasteiger partial charge in [0.25, 0.3) is 0 Å². The number of rotatable bonds is 9. The predicted octanol–water partition coefficient (Wildman–Crippen LogP) is 2.69. The van der Waals surface area contributed by atoms with Gasteiger partial charge in [0.1, 0.15) is 0 Å². The fourth-order valence-electron chi connectivity index (χ4n) is 4.57. The Kier molecular flexibility index (Phi) is 12.1. The number of halogens is 1. The zero-order chi connectivity index (χ0) is 21.2. The van der Waals surface area contributed by atoms with Gasteiger partial charge in [0, 0.05) is 52.4 Å². The van der Waals surface area contributed by atoms with Crippen molar-refractivity contribution in [1.29, 1.82) is 0 Å². The van der Waals surface area contributed by atoms with Gasteiger partial charge in [-0.05, 0) is 36.8 Å². The Balaban J connectivity index is 0.00000341. The molecular weight excluding hydrogens is 501 g/mol. The molecule has 2 aliphatic heterocycles. The van der Waals surface area contributed by atoms with Crippen LogP contribution in [0.25, 0.3) is 0 Å². The minimum atomic E-state index is 0. The van der Waals surface area contributed by atoms with E-state index in [-0.39, 0.29) is 24.0 Å². The van der Waals surface area contributed by atoms with Crippen molar-refractivity contribution in [2.75, 3.05) is 66.1 Å². The van der Waals surface area contributed by atoms with Gasteiger partial charge in [-0.2, -0.15) is 0 Å². The summed E-state index contributed by atoms with van der Waals surface area (Å²) < 4.78 is 5.52. The van der Waals surface area contributed by atoms with E-state index in [0.29, 0.717) is 17.9 Å². The number of morpholine rings is 1. The number of guanidine groups is 1. The Labute approximate surface area is 206 Å². The van der Waals surface area contributed by atoms with Crippen molar-refractivity contribution >= 4 is 29.9 Å². The number of hydrogen-bond donors (Lipinski definition) is 2. The quantitative estimate of drug-likeness (QED) is 0.285. The summed E-state index contributed by atoms with van der Waals surface area (Å²) in [6.07, 6.45) is 2.41. The van der Waals surface area contributed by atoms with Gasteiger partial charge in [-0.25, -0.2) is 0 Å². The second-order valence-electron chi connectivity index (χ2n) is 8.98. The number of aliphatic imine (C=N–C) groups is 1. The van der Waals surface area contributed by atoms with Crippen molar-refractivity contribution in [3.8, 4) is 0 Å². The molecular formula is C24H42IN5O. The number of nitrogens with zero attached hydrogens (tertiary/aromatic N) is 3. The van der Waals surface area contributed by atoms with E-state index in [4.69, 9.17) is 4.74 Å². The molecule has 176 valence electrons. The van der Waals surface area contributed by atoms with Gasteiger partial charge in [0.05, 0.1) is 13.2 Å². The van der Waals surface area contributed by atoms with Crippen LogP contribution in [0.1, 0.15) is 25.8 Å². The van der Waals surface area contributed by atoms with Crippen LogP contribution in [0.4, 0.5) is 0 Å². The summed E-state index contributed by atoms with van der Waals surface area (Å²) in [4.78, 5) is 9.61. The first-order valence-electron chi connectivity index (χ1n) is 11.7. The molecule has 0 aromatic heterocycles. The number of benzene rings is 1. The Morgan fingerprint density at radius 1 is 1.13 bits per heavy atom. The molecule has 7 heteroatoms. The van der Waals surface area contributed by atoms with Gasteiger partial charge in [0.15, 0.2) is 5.96 Å². The van der Waals surface area contributed by atoms with Crippen LogP contribution in [-0.4, -0.2) is 87.9 Å². The second-order valence-corrected chi connectivity index (χ2v) is 8.98. The van der Waals surface area contributed by atoms with Crippen LogP contribution in [0.3, 0.4) is 0 Å². The predicted molar refractivity (Wildman–Crippen MR) is 140 cm³/mol. The molecule has 1 aromatic rings. The fourth-order valence-corrected chi connectivity index (χ4v) is 4.57. The summed E-state index contributed by atoms with van der Waals surface area (Å²) in [6, 6.07) is 11.3. The molecule has 0 bridgehead atoms. The Morgan fingerprint density at radius 2 is 1.87 bits per heavy atom. The van der Waals surface area contributed by atoms with E-state index in [9.17, 15) is 0 Å². The largest absolute Gasteiger partial charge is 0.379 e. The molecule has 0 spiro atoms. The maximum absolute atomic E-state index is 5.52. The lowest BCUT2D eigenvalue weighted by Gasteiger charge is -2.37. The van der Waals surface area contributed by atoms with E-state index in [1.807, 2.05) is 7.05 Å². The zero-order valence-corrected chi connectivity index (χ0v) is 21.9. The van der Waals surface area contributed by atoms with Gasteiger partial charge in [-0.3, -0.25) is 9.89 Å². The molecule has 2 saturated heterocycles. The molecule has 2 atom stereocenters. The molecule has 31 heavy (non-hydrogen) atoms. The highest BCUT2D eigenvalue weighted by Gasteiger charge is 2.25. The van der Waals surface area contributed by atoms with Gasteiger partial charge < -0.3 is 20.3 Å². The number of hydrogen-bond acceptors (Lipinski definition) is 4. The van der Waals surface area contributed by atoms with Gasteiger partial charge in [-0.1, -0.05) is 44.2 Å². The monoisotopic (exact) mass is 543 g/mol. The van der Waals surface area contributed by atoms with Crippen LogP contribution in [0.15, 0.2) is 35.3 Å². The molecule has 0 radical (unpaired) electrons. The van der Waals surface area contributed by atoms with Crippen molar-refractivity contribution in [1.82, 2.24) is 20.4 Å². The van der Waals surface area contributed by atoms with Gasteiger partial charge in [0.2, 0.25) is 0 Å². The summed E-state index contributed by atoms with van der Waals surface area (Å²) in [5.74, 6) is 2.22. The number of nitrogens with one attached hydrogen (secondary N) is 2. The molecule has 0 amide bonds. The lowest BCUT2D eigenvalue weighted by molar-refractivity contribution is 0.00752. The van der Waals surface area contributed by atoms with E-state index >= 15 is 0 Å². The SMILES string of the molecule is CN=C(NCC1CCN(CCc2ccccc2)C1)NCC(C(C)C)N1CCOCC1.I. The van der Waals surface area contributed by atoms with Crippen LogP contribution in [0.2, 0.25) is 0 Å². The standard InChI is InChI=1S/C24H41N5O.HI/c1-20(2)23(29-13-15-30-16-14-29)18-27-24(25-3)26-17-22-10-12-28(19-22)11-9-21-7-5-4-6-8-21;/h4-8,20,22-23H,9-19H2,1-3H3,(H2,25,26,27);1H. The lowest BCUT2D eigenvalue weighted by Crippen LogP contribution is -2.52. The van der Waals surface area contributed by atoms with Crippen LogP contribution in [0, 0.1) is 11.8 Å². The van der Waals surface area contributed by atoms with Crippen molar-refractivity contribution in [3.05, 3.63) is 35.9 Å². The van der Waals surface area contributed by atoms with Crippen LogP contribution >= 0.6 is 24.0 Å². The molecule has 1 aromatic carbocycles. The topological polar surface area (TPSA) is 52.1 Å². The van der Waals surface area contributed by atoms with Crippen molar-refractivity contribution in [3.63, 3.8) is 0 Å². The highest BCUT2D eigenvalue weighted by atomic mass is 127. The second kappa shape index (κ2) is 14.3. The third-order valence-electron chi connectivity index (χ3n) is 6.47. The maximum atomic E-state index is 5.52. The fraction of sp³-hybridized carbons (Fsp3) is 0.708. The molecule has 3 rings (SSSR count). The normalized spacial score (nSPS) is 21.7. The van der Waals surface area contributed by atoms with Crippen molar-refractivity contribution < 1.29 is 4.74 Å². The summed E-state index contributed by atoms with van der Waals surface area (Å²) in [5.41, 5.74) is 1.43. The van der Waals surface area contributed by atoms with Crippen molar-refractivity contribution in [2.24, 2.45) is 16.8 Å². The summed E-state index contributed by atoms with van der Waals surface area (Å²) in [6.45, 7) is 13.8. The summed E-state index contributed by atoms with van der Waals surface area (Å²) >= 11 is 0. The highest BCUT2D eigenvalue weighted by molar-refractivity contribution is 14.0. The third kappa shape index (κ3) is 8.86. The molecule has 6 nitrogen and oxygen atoms in total. The van der Waals surface area contributed by atoms with Crippen LogP contribution < -0.4 is 10.6 Å². The lowest BCUT2D eigenvalue weighted by atomic mass is 10.0. The van der Waals surface area contributed by atoms with E-state index in [1.54, 1.807) is 0 Å². The van der Waals surface area contributed by atoms with Crippen LogP contribution in [0.5, 0.6) is 0 Å². The Hall–Kier alpha value is -0.900. The first kappa shape index (κ1) is 26.4. The molecule has 0 saturated carbocycles. The minimum absolute atomic E-state index is 0. The molecule has 2 N–H and O–H groups in total. The molecule has 2 fully saturated rings. The summed E-state index contributed by atoms with van der Waals surface area (Å²) in [5, 5.41) is 7.14. The maximum Gasteiger partial charge on any atom is 0.191 e. The van der Waals surface area contributed by atoms with E-state index < -0.39 is 0 Å². The van der Waals surface area contributed by atoms with Crippen LogP contribution in [-0.2, 0) is 11.2 Å². The molecule has 2 aliphatic rings. The number of likely N-dealkylation sites (tertiary alicyclic amines) is 1. The molecule has 0 aliphatic carbocycles. The molecule has 2 heterocycles. The van der Waals surface area contributed by atoms with Gasteiger partial charge in [-0.15, -0.1) is 24.0 Å². The van der Waals surface area contributed by atoms with E-state index in [2.05, 4.69) is 69.6 Å². The Bertz CT molecular complexity index is 636. The molecule has 2 unspecified atom stereocenters. The number of ether oxygens (including phenoxy) is 1. The average molecular weight is 544 g/mol. The first-order chi connectivity index (χ1) is 14.7. The zero-order valence-electron chi connectivity index (χ0n) is 19.6. The Morgan fingerprint density at radius 3 is 2.55 bits per heavy atom.